The van der Waals surface area contributed by atoms with Crippen molar-refractivity contribution < 1.29 is 14.3 Å². The molecule has 0 saturated carbocycles. The molecule has 4 nitrogen and oxygen atoms in total. The summed E-state index contributed by atoms with van der Waals surface area (Å²) in [7, 11) is 0. The molecule has 1 N–H and O–H groups in total. The van der Waals surface area contributed by atoms with Gasteiger partial charge in [0.1, 0.15) is 5.00 Å². The number of hydrogen-bond acceptors (Lipinski definition) is 4. The van der Waals surface area contributed by atoms with Crippen molar-refractivity contribution in [3.05, 3.63) is 16.5 Å². The summed E-state index contributed by atoms with van der Waals surface area (Å²) >= 11 is 1.45. The van der Waals surface area contributed by atoms with Crippen molar-refractivity contribution in [1.29, 1.82) is 0 Å². The molecular formula is C14H21NO3S. The van der Waals surface area contributed by atoms with E-state index in [1.807, 2.05) is 19.9 Å². The van der Waals surface area contributed by atoms with E-state index in [0.29, 0.717) is 17.2 Å². The fourth-order valence-corrected chi connectivity index (χ4v) is 2.67. The Balaban J connectivity index is 2.98. The van der Waals surface area contributed by atoms with E-state index >= 15 is 0 Å². The molecule has 0 unspecified atom stereocenters. The Kier molecular flexibility index (Phi) is 6.02. The third-order valence-corrected chi connectivity index (χ3v) is 3.65. The maximum absolute atomic E-state index is 11.9. The summed E-state index contributed by atoms with van der Waals surface area (Å²) in [6.07, 6.45) is 1.90. The second-order valence-corrected chi connectivity index (χ2v) is 5.71. The largest absolute Gasteiger partial charge is 0.462 e. The van der Waals surface area contributed by atoms with Crippen molar-refractivity contribution in [3.8, 4) is 0 Å². The van der Waals surface area contributed by atoms with Gasteiger partial charge in [-0.2, -0.15) is 0 Å². The lowest BCUT2D eigenvalue weighted by Crippen LogP contribution is -2.18. The zero-order valence-electron chi connectivity index (χ0n) is 11.9. The molecule has 19 heavy (non-hydrogen) atoms. The van der Waals surface area contributed by atoms with Gasteiger partial charge in [0.2, 0.25) is 5.91 Å². The molecule has 0 bridgehead atoms. The summed E-state index contributed by atoms with van der Waals surface area (Å²) in [5.74, 6) is -0.581. The number of carbonyl (C=O) groups is 2. The van der Waals surface area contributed by atoms with E-state index in [-0.39, 0.29) is 17.8 Å². The lowest BCUT2D eigenvalue weighted by Gasteiger charge is -2.07. The highest BCUT2D eigenvalue weighted by Crippen LogP contribution is 2.30. The van der Waals surface area contributed by atoms with Crippen LogP contribution in [0.15, 0.2) is 6.07 Å². The maximum atomic E-state index is 11.9. The second kappa shape index (κ2) is 7.28. The number of hydrogen-bond donors (Lipinski definition) is 1. The predicted octanol–water partition coefficient (Wildman–Crippen LogP) is 3.47. The van der Waals surface area contributed by atoms with Crippen molar-refractivity contribution >= 4 is 28.2 Å². The van der Waals surface area contributed by atoms with Crippen molar-refractivity contribution in [1.82, 2.24) is 0 Å². The standard InChI is InChI=1S/C14H21NO3S/c1-5-7-10-8-11(14(17)18-6-2)13(19-10)15-12(16)9(3)4/h8-9H,5-7H2,1-4H3,(H,15,16). The monoisotopic (exact) mass is 283 g/mol. The molecule has 1 heterocycles. The summed E-state index contributed by atoms with van der Waals surface area (Å²) in [5.41, 5.74) is 0.462. The van der Waals surface area contributed by atoms with Crippen LogP contribution in [0.5, 0.6) is 0 Å². The molecule has 0 spiro atoms. The lowest BCUT2D eigenvalue weighted by molar-refractivity contribution is -0.118. The minimum atomic E-state index is -0.375. The Labute approximate surface area is 118 Å². The van der Waals surface area contributed by atoms with Crippen molar-refractivity contribution in [3.63, 3.8) is 0 Å². The van der Waals surface area contributed by atoms with Gasteiger partial charge in [-0.1, -0.05) is 27.2 Å². The number of aryl methyl sites for hydroxylation is 1. The number of anilines is 1. The molecule has 0 aromatic carbocycles. The number of esters is 1. The van der Waals surface area contributed by atoms with Gasteiger partial charge < -0.3 is 10.1 Å². The first kappa shape index (κ1) is 15.7. The lowest BCUT2D eigenvalue weighted by atomic mass is 10.2. The SMILES string of the molecule is CCCc1cc(C(=O)OCC)c(NC(=O)C(C)C)s1. The first-order valence-corrected chi connectivity index (χ1v) is 7.41. The third-order valence-electron chi connectivity index (χ3n) is 2.54. The Hall–Kier alpha value is -1.36. The minimum Gasteiger partial charge on any atom is -0.462 e. The van der Waals surface area contributed by atoms with Crippen LogP contribution < -0.4 is 5.32 Å². The highest BCUT2D eigenvalue weighted by atomic mass is 32.1. The highest BCUT2D eigenvalue weighted by Gasteiger charge is 2.19. The van der Waals surface area contributed by atoms with E-state index in [9.17, 15) is 9.59 Å². The summed E-state index contributed by atoms with van der Waals surface area (Å²) in [6.45, 7) is 7.81. The number of rotatable bonds is 6. The van der Waals surface area contributed by atoms with Gasteiger partial charge in [-0.15, -0.1) is 11.3 Å². The molecule has 0 aliphatic heterocycles. The maximum Gasteiger partial charge on any atom is 0.341 e. The summed E-state index contributed by atoms with van der Waals surface area (Å²) < 4.78 is 5.02. The summed E-state index contributed by atoms with van der Waals surface area (Å²) in [4.78, 5) is 24.7. The van der Waals surface area contributed by atoms with Crippen molar-refractivity contribution in [2.75, 3.05) is 11.9 Å². The molecule has 1 aromatic rings. The number of ether oxygens (including phenoxy) is 1. The second-order valence-electron chi connectivity index (χ2n) is 4.57. The van der Waals surface area contributed by atoms with E-state index in [1.54, 1.807) is 6.92 Å². The Morgan fingerprint density at radius 3 is 2.58 bits per heavy atom. The van der Waals surface area contributed by atoms with E-state index in [0.717, 1.165) is 17.7 Å². The van der Waals surface area contributed by atoms with Gasteiger partial charge in [0, 0.05) is 10.8 Å². The number of nitrogens with one attached hydrogen (secondary N) is 1. The normalized spacial score (nSPS) is 10.6. The van der Waals surface area contributed by atoms with Gasteiger partial charge in [-0.05, 0) is 19.4 Å². The van der Waals surface area contributed by atoms with Crippen LogP contribution in [0.2, 0.25) is 0 Å². The minimum absolute atomic E-state index is 0.0875. The Morgan fingerprint density at radius 2 is 2.05 bits per heavy atom. The van der Waals surface area contributed by atoms with Gasteiger partial charge in [0.25, 0.3) is 0 Å². The van der Waals surface area contributed by atoms with E-state index in [4.69, 9.17) is 4.74 Å². The predicted molar refractivity (Wildman–Crippen MR) is 77.7 cm³/mol. The fourth-order valence-electron chi connectivity index (χ4n) is 1.52. The summed E-state index contributed by atoms with van der Waals surface area (Å²) in [5, 5.41) is 3.40. The molecule has 1 amide bonds. The molecule has 0 aliphatic carbocycles. The first-order chi connectivity index (χ1) is 8.99. The smallest absolute Gasteiger partial charge is 0.341 e. The van der Waals surface area contributed by atoms with Crippen LogP contribution in [-0.4, -0.2) is 18.5 Å². The van der Waals surface area contributed by atoms with E-state index in [2.05, 4.69) is 12.2 Å². The molecule has 106 valence electrons. The number of thiophene rings is 1. The van der Waals surface area contributed by atoms with Crippen LogP contribution in [0, 0.1) is 5.92 Å². The molecular weight excluding hydrogens is 262 g/mol. The van der Waals surface area contributed by atoms with Crippen LogP contribution in [0.3, 0.4) is 0 Å². The van der Waals surface area contributed by atoms with Gasteiger partial charge >= 0.3 is 5.97 Å². The van der Waals surface area contributed by atoms with Crippen LogP contribution in [0.25, 0.3) is 0 Å². The zero-order valence-corrected chi connectivity index (χ0v) is 12.7. The molecule has 0 radical (unpaired) electrons. The van der Waals surface area contributed by atoms with Gasteiger partial charge in [0.05, 0.1) is 12.2 Å². The van der Waals surface area contributed by atoms with Crippen LogP contribution >= 0.6 is 11.3 Å². The average Bonchev–Trinajstić information content (AvgIpc) is 2.72. The van der Waals surface area contributed by atoms with Crippen LogP contribution in [0.4, 0.5) is 5.00 Å². The fraction of sp³-hybridized carbons (Fsp3) is 0.571. The molecule has 0 aliphatic rings. The van der Waals surface area contributed by atoms with E-state index < -0.39 is 0 Å². The summed E-state index contributed by atoms with van der Waals surface area (Å²) in [6, 6.07) is 1.82. The first-order valence-electron chi connectivity index (χ1n) is 6.60. The quantitative estimate of drug-likeness (QED) is 0.813. The number of amides is 1. The third kappa shape index (κ3) is 4.35. The van der Waals surface area contributed by atoms with Gasteiger partial charge in [-0.25, -0.2) is 4.79 Å². The average molecular weight is 283 g/mol. The van der Waals surface area contributed by atoms with Crippen molar-refractivity contribution in [2.24, 2.45) is 5.92 Å². The van der Waals surface area contributed by atoms with Crippen LogP contribution in [-0.2, 0) is 16.0 Å². The van der Waals surface area contributed by atoms with Crippen molar-refractivity contribution in [2.45, 2.75) is 40.5 Å². The molecule has 5 heteroatoms. The van der Waals surface area contributed by atoms with Crippen LogP contribution in [0.1, 0.15) is 49.4 Å². The zero-order chi connectivity index (χ0) is 14.4. The van der Waals surface area contributed by atoms with Gasteiger partial charge in [0.15, 0.2) is 0 Å². The Morgan fingerprint density at radius 1 is 1.37 bits per heavy atom. The number of carbonyl (C=O) groups excluding carboxylic acids is 2. The van der Waals surface area contributed by atoms with E-state index in [1.165, 1.54) is 11.3 Å². The molecule has 0 saturated heterocycles. The topological polar surface area (TPSA) is 55.4 Å². The molecule has 1 aromatic heterocycles. The highest BCUT2D eigenvalue weighted by molar-refractivity contribution is 7.16. The molecule has 1 rings (SSSR count). The molecule has 0 atom stereocenters. The van der Waals surface area contributed by atoms with Gasteiger partial charge in [-0.3, -0.25) is 4.79 Å². The Bertz CT molecular complexity index is 452. The molecule has 0 fully saturated rings.